The molecule has 1 saturated heterocycles. The summed E-state index contributed by atoms with van der Waals surface area (Å²) in [5.41, 5.74) is 5.26. The summed E-state index contributed by atoms with van der Waals surface area (Å²) < 4.78 is 18.6. The number of nitrogens with one attached hydrogen (secondary N) is 1. The molecular weight excluding hydrogens is 457 g/mol. The maximum atomic E-state index is 13.8. The van der Waals surface area contributed by atoms with Gasteiger partial charge in [0, 0.05) is 24.9 Å². The number of carbonyl (C=O) groups excluding carboxylic acids is 2. The van der Waals surface area contributed by atoms with Crippen LogP contribution in [-0.4, -0.2) is 49.2 Å². The van der Waals surface area contributed by atoms with Crippen molar-refractivity contribution in [3.8, 4) is 0 Å². The van der Waals surface area contributed by atoms with E-state index in [0.717, 1.165) is 11.1 Å². The van der Waals surface area contributed by atoms with E-state index in [2.05, 4.69) is 10.5 Å². The molecule has 2 amide bonds. The highest BCUT2D eigenvalue weighted by Crippen LogP contribution is 2.58. The average Bonchev–Trinajstić information content (AvgIpc) is 2.91. The minimum Gasteiger partial charge on any atom is -0.378 e. The Bertz CT molecular complexity index is 1160. The van der Waals surface area contributed by atoms with Crippen molar-refractivity contribution in [3.05, 3.63) is 107 Å². The number of nitrogens with zero attached hydrogens (tertiary/aromatic N) is 2. The quantitative estimate of drug-likeness (QED) is 0.425. The van der Waals surface area contributed by atoms with Gasteiger partial charge in [0.15, 0.2) is 0 Å². The fraction of sp³-hybridized carbons (Fsp3) is 0.276. The van der Waals surface area contributed by atoms with Crippen LogP contribution in [0.1, 0.15) is 28.5 Å². The molecule has 0 bridgehead atoms. The molecule has 184 valence electrons. The molecule has 1 aliphatic heterocycles. The molecule has 1 heterocycles. The van der Waals surface area contributed by atoms with Gasteiger partial charge in [-0.1, -0.05) is 72.8 Å². The molecule has 2 fully saturated rings. The fourth-order valence-corrected chi connectivity index (χ4v) is 5.35. The molecule has 0 radical (unpaired) electrons. The number of carbonyl (C=O) groups is 2. The van der Waals surface area contributed by atoms with Gasteiger partial charge in [0.1, 0.15) is 5.82 Å². The average molecular weight is 486 g/mol. The van der Waals surface area contributed by atoms with Crippen molar-refractivity contribution < 1.29 is 18.7 Å². The van der Waals surface area contributed by atoms with Crippen molar-refractivity contribution in [1.82, 2.24) is 10.3 Å². The topological polar surface area (TPSA) is 71.0 Å². The van der Waals surface area contributed by atoms with Crippen molar-refractivity contribution in [3.63, 3.8) is 0 Å². The summed E-state index contributed by atoms with van der Waals surface area (Å²) in [5.74, 6) is -1.94. The Morgan fingerprint density at radius 1 is 0.833 bits per heavy atom. The van der Waals surface area contributed by atoms with E-state index in [9.17, 15) is 14.0 Å². The second-order valence-electron chi connectivity index (χ2n) is 9.15. The van der Waals surface area contributed by atoms with Gasteiger partial charge in [0.25, 0.3) is 0 Å². The zero-order chi connectivity index (χ0) is 24.9. The summed E-state index contributed by atoms with van der Waals surface area (Å²) in [5, 5.41) is 4.13. The van der Waals surface area contributed by atoms with Gasteiger partial charge in [0.05, 0.1) is 31.3 Å². The second kappa shape index (κ2) is 10.8. The lowest BCUT2D eigenvalue weighted by atomic mass is 9.51. The molecule has 1 N–H and O–H groups in total. The van der Waals surface area contributed by atoms with Crippen LogP contribution in [-0.2, 0) is 14.3 Å². The van der Waals surface area contributed by atoms with Gasteiger partial charge in [-0.05, 0) is 28.8 Å². The number of hydrogen-bond donors (Lipinski definition) is 1. The number of hydrogen-bond acceptors (Lipinski definition) is 4. The first-order chi connectivity index (χ1) is 17.6. The maximum absolute atomic E-state index is 13.8. The number of morpholine rings is 1. The van der Waals surface area contributed by atoms with E-state index in [1.807, 2.05) is 65.6 Å². The molecule has 3 aromatic carbocycles. The molecule has 6 nitrogen and oxygen atoms in total. The number of ether oxygens (including phenoxy) is 1. The molecule has 0 spiro atoms. The van der Waals surface area contributed by atoms with Crippen LogP contribution in [0.25, 0.3) is 0 Å². The monoisotopic (exact) mass is 485 g/mol. The minimum absolute atomic E-state index is 0.0554. The van der Waals surface area contributed by atoms with E-state index in [0.29, 0.717) is 31.9 Å². The molecule has 36 heavy (non-hydrogen) atoms. The molecule has 1 saturated carbocycles. The maximum Gasteiger partial charge on any atom is 0.244 e. The Morgan fingerprint density at radius 2 is 1.39 bits per heavy atom. The molecule has 0 aromatic heterocycles. The summed E-state index contributed by atoms with van der Waals surface area (Å²) >= 11 is 0. The van der Waals surface area contributed by atoms with Crippen LogP contribution in [0.2, 0.25) is 0 Å². The molecule has 2 aliphatic rings. The van der Waals surface area contributed by atoms with Crippen LogP contribution in [0.15, 0.2) is 90.0 Å². The Kier molecular flexibility index (Phi) is 7.18. The zero-order valence-electron chi connectivity index (χ0n) is 19.8. The SMILES string of the molecule is O=C(N/N=C\c1ccc(F)cc1)C1[C@@H](c2ccccc2)C(C(=O)N2CCOCC2)[C@H]1c1ccccc1. The zero-order valence-corrected chi connectivity index (χ0v) is 19.8. The molecule has 2 unspecified atom stereocenters. The summed E-state index contributed by atoms with van der Waals surface area (Å²) in [4.78, 5) is 29.2. The van der Waals surface area contributed by atoms with Crippen molar-refractivity contribution in [2.45, 2.75) is 11.8 Å². The van der Waals surface area contributed by atoms with Gasteiger partial charge < -0.3 is 9.64 Å². The van der Waals surface area contributed by atoms with Crippen LogP contribution >= 0.6 is 0 Å². The number of benzene rings is 3. The van der Waals surface area contributed by atoms with Crippen molar-refractivity contribution in [2.24, 2.45) is 16.9 Å². The molecule has 7 heteroatoms. The normalized spacial score (nSPS) is 23.8. The van der Waals surface area contributed by atoms with Crippen LogP contribution in [0.4, 0.5) is 4.39 Å². The Hall–Kier alpha value is -3.84. The number of hydrazone groups is 1. The fourth-order valence-electron chi connectivity index (χ4n) is 5.35. The third-order valence-electron chi connectivity index (χ3n) is 7.09. The predicted octanol–water partition coefficient (Wildman–Crippen LogP) is 3.95. The van der Waals surface area contributed by atoms with Gasteiger partial charge in [-0.15, -0.1) is 0 Å². The Labute approximate surface area is 209 Å². The first-order valence-electron chi connectivity index (χ1n) is 12.2. The third-order valence-corrected chi connectivity index (χ3v) is 7.09. The minimum atomic E-state index is -0.477. The van der Waals surface area contributed by atoms with E-state index >= 15 is 0 Å². The van der Waals surface area contributed by atoms with E-state index < -0.39 is 5.92 Å². The number of amides is 2. The van der Waals surface area contributed by atoms with E-state index in [4.69, 9.17) is 4.74 Å². The Morgan fingerprint density at radius 3 is 1.94 bits per heavy atom. The van der Waals surface area contributed by atoms with Crippen molar-refractivity contribution in [1.29, 1.82) is 0 Å². The summed E-state index contributed by atoms with van der Waals surface area (Å²) in [6, 6.07) is 25.4. The lowest BCUT2D eigenvalue weighted by Gasteiger charge is -2.52. The van der Waals surface area contributed by atoms with Crippen LogP contribution < -0.4 is 5.43 Å². The van der Waals surface area contributed by atoms with Crippen LogP contribution in [0.5, 0.6) is 0 Å². The predicted molar refractivity (Wildman–Crippen MR) is 135 cm³/mol. The van der Waals surface area contributed by atoms with Crippen molar-refractivity contribution in [2.75, 3.05) is 26.3 Å². The lowest BCUT2D eigenvalue weighted by Crippen LogP contribution is -2.57. The van der Waals surface area contributed by atoms with Gasteiger partial charge >= 0.3 is 0 Å². The van der Waals surface area contributed by atoms with Crippen molar-refractivity contribution >= 4 is 18.0 Å². The molecule has 3 aromatic rings. The number of halogens is 1. The van der Waals surface area contributed by atoms with Gasteiger partial charge in [0.2, 0.25) is 11.8 Å². The highest BCUT2D eigenvalue weighted by atomic mass is 19.1. The number of rotatable bonds is 6. The van der Waals surface area contributed by atoms with Crippen LogP contribution in [0.3, 0.4) is 0 Å². The van der Waals surface area contributed by atoms with E-state index in [1.54, 1.807) is 12.1 Å². The Balaban J connectivity index is 1.46. The molecule has 1 aliphatic carbocycles. The molecule has 4 atom stereocenters. The standard InChI is InChI=1S/C29H28FN3O3/c30-23-13-11-20(12-14-23)19-31-32-28(34)26-24(21-7-3-1-4-8-21)27(25(26)22-9-5-2-6-10-22)29(35)33-15-17-36-18-16-33/h1-14,19,24-27H,15-18H2,(H,32,34)/b31-19-/t24-,25+,26?,27?. The summed E-state index contributed by atoms with van der Waals surface area (Å²) in [6.07, 6.45) is 1.49. The summed E-state index contributed by atoms with van der Waals surface area (Å²) in [6.45, 7) is 2.15. The van der Waals surface area contributed by atoms with E-state index in [-0.39, 0.29) is 35.4 Å². The van der Waals surface area contributed by atoms with Gasteiger partial charge in [-0.25, -0.2) is 9.82 Å². The second-order valence-corrected chi connectivity index (χ2v) is 9.15. The lowest BCUT2D eigenvalue weighted by molar-refractivity contribution is -0.151. The van der Waals surface area contributed by atoms with Crippen LogP contribution in [0, 0.1) is 17.7 Å². The third kappa shape index (κ3) is 4.93. The largest absolute Gasteiger partial charge is 0.378 e. The van der Waals surface area contributed by atoms with Gasteiger partial charge in [-0.3, -0.25) is 9.59 Å². The molecular formula is C29H28FN3O3. The first kappa shape index (κ1) is 23.9. The first-order valence-corrected chi connectivity index (χ1v) is 12.2. The van der Waals surface area contributed by atoms with E-state index in [1.165, 1.54) is 18.3 Å². The smallest absolute Gasteiger partial charge is 0.244 e. The molecule has 5 rings (SSSR count). The highest BCUT2D eigenvalue weighted by Gasteiger charge is 2.58. The van der Waals surface area contributed by atoms with Gasteiger partial charge in [-0.2, -0.15) is 5.10 Å². The summed E-state index contributed by atoms with van der Waals surface area (Å²) in [7, 11) is 0. The highest BCUT2D eigenvalue weighted by molar-refractivity contribution is 5.91.